The quantitative estimate of drug-likeness (QED) is 0.394. The summed E-state index contributed by atoms with van der Waals surface area (Å²) in [4.78, 5) is 9.48. The zero-order valence-electron chi connectivity index (χ0n) is 13.4. The standard InChI is InChI=1S/C19H20N4S/c20-19(18-2-1-13-24-18)23-17-5-3-15(4-6-17)7-12-22-14-16-8-10-21-11-9-16/h1-6,8-11,13,22H,7,12,14H2,(H2,20,23). The molecule has 2 aromatic heterocycles. The van der Waals surface area contributed by atoms with Crippen LogP contribution in [0.25, 0.3) is 0 Å². The molecule has 2 heterocycles. The van der Waals surface area contributed by atoms with E-state index in [1.807, 2.05) is 54.2 Å². The molecular weight excluding hydrogens is 316 g/mol. The van der Waals surface area contributed by atoms with Crippen LogP contribution in [0.3, 0.4) is 0 Å². The molecule has 3 aromatic rings. The van der Waals surface area contributed by atoms with Gasteiger partial charge in [0.1, 0.15) is 5.84 Å². The molecule has 0 radical (unpaired) electrons. The van der Waals surface area contributed by atoms with Crippen molar-refractivity contribution >= 4 is 22.9 Å². The fraction of sp³-hybridized carbons (Fsp3) is 0.158. The molecule has 0 aliphatic carbocycles. The van der Waals surface area contributed by atoms with Crippen LogP contribution in [0.15, 0.2) is 71.3 Å². The summed E-state index contributed by atoms with van der Waals surface area (Å²) in [5.41, 5.74) is 9.42. The molecule has 4 nitrogen and oxygen atoms in total. The topological polar surface area (TPSA) is 63.3 Å². The summed E-state index contributed by atoms with van der Waals surface area (Å²) in [5.74, 6) is 0.566. The number of rotatable bonds is 7. The highest BCUT2D eigenvalue weighted by atomic mass is 32.1. The minimum absolute atomic E-state index is 0.566. The Hall–Kier alpha value is -2.50. The van der Waals surface area contributed by atoms with Crippen molar-refractivity contribution in [1.29, 1.82) is 0 Å². The lowest BCUT2D eigenvalue weighted by atomic mass is 10.1. The van der Waals surface area contributed by atoms with E-state index in [0.717, 1.165) is 30.1 Å². The number of pyridine rings is 1. The van der Waals surface area contributed by atoms with Gasteiger partial charge in [-0.2, -0.15) is 0 Å². The maximum atomic E-state index is 6.01. The zero-order valence-corrected chi connectivity index (χ0v) is 14.2. The minimum Gasteiger partial charge on any atom is -0.383 e. The maximum absolute atomic E-state index is 6.01. The molecule has 0 saturated heterocycles. The molecule has 0 saturated carbocycles. The smallest absolute Gasteiger partial charge is 0.141 e. The Balaban J connectivity index is 1.49. The second-order valence-corrected chi connectivity index (χ2v) is 6.37. The van der Waals surface area contributed by atoms with Crippen molar-refractivity contribution < 1.29 is 0 Å². The van der Waals surface area contributed by atoms with Gasteiger partial charge in [-0.1, -0.05) is 18.2 Å². The maximum Gasteiger partial charge on any atom is 0.141 e. The van der Waals surface area contributed by atoms with Gasteiger partial charge >= 0.3 is 0 Å². The first-order valence-corrected chi connectivity index (χ1v) is 8.76. The molecule has 0 bridgehead atoms. The molecule has 3 rings (SSSR count). The van der Waals surface area contributed by atoms with Crippen LogP contribution < -0.4 is 11.1 Å². The molecule has 24 heavy (non-hydrogen) atoms. The summed E-state index contributed by atoms with van der Waals surface area (Å²) in [6.07, 6.45) is 4.62. The van der Waals surface area contributed by atoms with E-state index in [9.17, 15) is 0 Å². The van der Waals surface area contributed by atoms with Crippen molar-refractivity contribution in [2.45, 2.75) is 13.0 Å². The zero-order chi connectivity index (χ0) is 16.6. The lowest BCUT2D eigenvalue weighted by Gasteiger charge is -2.05. The van der Waals surface area contributed by atoms with Crippen LogP contribution in [0, 0.1) is 0 Å². The van der Waals surface area contributed by atoms with E-state index in [2.05, 4.69) is 27.4 Å². The first-order chi connectivity index (χ1) is 11.8. The number of hydrogen-bond acceptors (Lipinski definition) is 4. The minimum atomic E-state index is 0.566. The van der Waals surface area contributed by atoms with Crippen LogP contribution in [0.2, 0.25) is 0 Å². The molecule has 0 unspecified atom stereocenters. The summed E-state index contributed by atoms with van der Waals surface area (Å²) in [6, 6.07) is 16.2. The second-order valence-electron chi connectivity index (χ2n) is 5.42. The first-order valence-electron chi connectivity index (χ1n) is 7.88. The Morgan fingerprint density at radius 3 is 2.54 bits per heavy atom. The Labute approximate surface area is 146 Å². The van der Waals surface area contributed by atoms with Gasteiger partial charge < -0.3 is 11.1 Å². The number of aliphatic imine (C=N–C) groups is 1. The molecule has 5 heteroatoms. The number of benzene rings is 1. The molecule has 0 spiro atoms. The van der Waals surface area contributed by atoms with Gasteiger partial charge in [-0.3, -0.25) is 4.98 Å². The van der Waals surface area contributed by atoms with Crippen molar-refractivity contribution in [3.05, 3.63) is 82.3 Å². The van der Waals surface area contributed by atoms with Crippen LogP contribution in [0.1, 0.15) is 16.0 Å². The van der Waals surface area contributed by atoms with Gasteiger partial charge in [-0.15, -0.1) is 11.3 Å². The Morgan fingerprint density at radius 2 is 1.83 bits per heavy atom. The highest BCUT2D eigenvalue weighted by molar-refractivity contribution is 7.12. The first kappa shape index (κ1) is 16.4. The largest absolute Gasteiger partial charge is 0.383 e. The number of nitrogens with one attached hydrogen (secondary N) is 1. The molecule has 0 amide bonds. The van der Waals surface area contributed by atoms with Gasteiger partial charge in [-0.05, 0) is 59.8 Å². The fourth-order valence-electron chi connectivity index (χ4n) is 2.32. The summed E-state index contributed by atoms with van der Waals surface area (Å²) < 4.78 is 0. The normalized spacial score (nSPS) is 11.6. The summed E-state index contributed by atoms with van der Waals surface area (Å²) in [6.45, 7) is 1.80. The fourth-order valence-corrected chi connectivity index (χ4v) is 2.95. The van der Waals surface area contributed by atoms with Crippen molar-refractivity contribution in [3.63, 3.8) is 0 Å². The van der Waals surface area contributed by atoms with Gasteiger partial charge in [0.15, 0.2) is 0 Å². The number of nitrogens with two attached hydrogens (primary N) is 1. The molecule has 3 N–H and O–H groups in total. The van der Waals surface area contributed by atoms with Crippen molar-refractivity contribution in [2.24, 2.45) is 10.7 Å². The number of nitrogens with zero attached hydrogens (tertiary/aromatic N) is 2. The van der Waals surface area contributed by atoms with Crippen LogP contribution in [0.5, 0.6) is 0 Å². The molecule has 0 atom stereocenters. The van der Waals surface area contributed by atoms with Gasteiger partial charge in [0.25, 0.3) is 0 Å². The predicted molar refractivity (Wildman–Crippen MR) is 101 cm³/mol. The molecule has 0 fully saturated rings. The van der Waals surface area contributed by atoms with E-state index in [4.69, 9.17) is 5.73 Å². The van der Waals surface area contributed by atoms with Gasteiger partial charge in [0.05, 0.1) is 10.6 Å². The van der Waals surface area contributed by atoms with E-state index < -0.39 is 0 Å². The van der Waals surface area contributed by atoms with Gasteiger partial charge in [0.2, 0.25) is 0 Å². The average Bonchev–Trinajstić information content (AvgIpc) is 3.16. The third kappa shape index (κ3) is 4.75. The number of amidine groups is 1. The number of aromatic nitrogens is 1. The Bertz CT molecular complexity index is 765. The summed E-state index contributed by atoms with van der Waals surface area (Å²) in [7, 11) is 0. The second kappa shape index (κ2) is 8.38. The number of thiophene rings is 1. The van der Waals surface area contributed by atoms with Crippen molar-refractivity contribution in [2.75, 3.05) is 6.54 Å². The third-order valence-corrected chi connectivity index (χ3v) is 4.52. The van der Waals surface area contributed by atoms with Crippen LogP contribution >= 0.6 is 11.3 Å². The average molecular weight is 336 g/mol. The van der Waals surface area contributed by atoms with E-state index in [-0.39, 0.29) is 0 Å². The molecule has 1 aromatic carbocycles. The van der Waals surface area contributed by atoms with Gasteiger partial charge in [0, 0.05) is 18.9 Å². The van der Waals surface area contributed by atoms with Crippen LogP contribution in [-0.4, -0.2) is 17.4 Å². The highest BCUT2D eigenvalue weighted by Gasteiger charge is 2.00. The Kier molecular flexibility index (Phi) is 5.71. The van der Waals surface area contributed by atoms with Crippen LogP contribution in [0.4, 0.5) is 5.69 Å². The summed E-state index contributed by atoms with van der Waals surface area (Å²) in [5, 5.41) is 5.44. The molecule has 0 aliphatic heterocycles. The van der Waals surface area contributed by atoms with E-state index in [0.29, 0.717) is 5.84 Å². The van der Waals surface area contributed by atoms with Crippen molar-refractivity contribution in [3.8, 4) is 0 Å². The lowest BCUT2D eigenvalue weighted by molar-refractivity contribution is 0.686. The molecule has 122 valence electrons. The molecule has 0 aliphatic rings. The van der Waals surface area contributed by atoms with E-state index >= 15 is 0 Å². The van der Waals surface area contributed by atoms with E-state index in [1.165, 1.54) is 11.1 Å². The third-order valence-electron chi connectivity index (χ3n) is 3.63. The van der Waals surface area contributed by atoms with Gasteiger partial charge in [-0.25, -0.2) is 4.99 Å². The molecular formula is C19H20N4S. The van der Waals surface area contributed by atoms with Crippen LogP contribution in [-0.2, 0) is 13.0 Å². The number of hydrogen-bond donors (Lipinski definition) is 2. The highest BCUT2D eigenvalue weighted by Crippen LogP contribution is 2.16. The van der Waals surface area contributed by atoms with E-state index in [1.54, 1.807) is 11.3 Å². The summed E-state index contributed by atoms with van der Waals surface area (Å²) >= 11 is 1.60. The SMILES string of the molecule is NC(=Nc1ccc(CCNCc2ccncc2)cc1)c1cccs1. The predicted octanol–water partition coefficient (Wildman–Crippen LogP) is 3.51. The van der Waals surface area contributed by atoms with Crippen molar-refractivity contribution in [1.82, 2.24) is 10.3 Å². The monoisotopic (exact) mass is 336 g/mol. The Morgan fingerprint density at radius 1 is 1.04 bits per heavy atom. The lowest BCUT2D eigenvalue weighted by Crippen LogP contribution is -2.16.